The van der Waals surface area contributed by atoms with E-state index < -0.39 is 28.7 Å². The van der Waals surface area contributed by atoms with Crippen LogP contribution in [0, 0.1) is 10.1 Å². The van der Waals surface area contributed by atoms with Crippen molar-refractivity contribution in [2.45, 2.75) is 38.2 Å². The number of nitro groups is 1. The number of benzene rings is 1. The van der Waals surface area contributed by atoms with Crippen molar-refractivity contribution in [1.82, 2.24) is 4.90 Å². The zero-order valence-electron chi connectivity index (χ0n) is 11.9. The summed E-state index contributed by atoms with van der Waals surface area (Å²) in [5, 5.41) is 30.2. The Bertz CT molecular complexity index is 550. The number of aliphatic hydroxyl groups is 1. The van der Waals surface area contributed by atoms with Crippen molar-refractivity contribution in [3.05, 3.63) is 33.9 Å². The lowest BCUT2D eigenvalue weighted by molar-refractivity contribution is -0.386. The van der Waals surface area contributed by atoms with Gasteiger partial charge in [0.2, 0.25) is 6.41 Å². The van der Waals surface area contributed by atoms with E-state index in [1.165, 1.54) is 23.1 Å². The SMILES string of the molecule is O=CN1CCCCC1C(O)OCc1ccc(O)c([N+](=O)[O-])c1. The quantitative estimate of drug-likeness (QED) is 0.352. The van der Waals surface area contributed by atoms with Crippen LogP contribution < -0.4 is 0 Å². The number of phenols is 1. The molecule has 1 heterocycles. The van der Waals surface area contributed by atoms with Gasteiger partial charge in [0.25, 0.3) is 0 Å². The molecule has 2 unspecified atom stereocenters. The summed E-state index contributed by atoms with van der Waals surface area (Å²) in [6.45, 7) is 0.532. The van der Waals surface area contributed by atoms with E-state index in [-0.39, 0.29) is 6.61 Å². The number of aliphatic hydroxyl groups excluding tert-OH is 1. The number of nitro benzene ring substituents is 1. The number of ether oxygens (including phenoxy) is 1. The zero-order chi connectivity index (χ0) is 16.1. The average Bonchev–Trinajstić information content (AvgIpc) is 2.53. The minimum atomic E-state index is -1.15. The third kappa shape index (κ3) is 3.71. The van der Waals surface area contributed by atoms with Crippen LogP contribution in [0.2, 0.25) is 0 Å². The molecular weight excluding hydrogens is 292 g/mol. The second kappa shape index (κ2) is 7.19. The van der Waals surface area contributed by atoms with Crippen LogP contribution in [0.15, 0.2) is 18.2 Å². The third-order valence-electron chi connectivity index (χ3n) is 3.71. The van der Waals surface area contributed by atoms with Gasteiger partial charge in [0.15, 0.2) is 12.0 Å². The summed E-state index contributed by atoms with van der Waals surface area (Å²) in [4.78, 5) is 22.5. The summed E-state index contributed by atoms with van der Waals surface area (Å²) in [7, 11) is 0. The summed E-state index contributed by atoms with van der Waals surface area (Å²) >= 11 is 0. The highest BCUT2D eigenvalue weighted by molar-refractivity contribution is 5.48. The Morgan fingerprint density at radius 1 is 1.50 bits per heavy atom. The first kappa shape index (κ1) is 16.2. The number of hydrogen-bond acceptors (Lipinski definition) is 6. The molecule has 2 rings (SSSR count). The minimum absolute atomic E-state index is 0.0501. The molecule has 120 valence electrons. The van der Waals surface area contributed by atoms with Gasteiger partial charge in [-0.15, -0.1) is 0 Å². The van der Waals surface area contributed by atoms with Gasteiger partial charge in [-0.1, -0.05) is 6.07 Å². The molecule has 0 aliphatic carbocycles. The molecule has 1 aliphatic heterocycles. The Hall–Kier alpha value is -2.19. The van der Waals surface area contributed by atoms with Crippen LogP contribution in [-0.4, -0.2) is 45.3 Å². The van der Waals surface area contributed by atoms with Gasteiger partial charge in [-0.05, 0) is 30.9 Å². The van der Waals surface area contributed by atoms with E-state index in [9.17, 15) is 25.1 Å². The van der Waals surface area contributed by atoms with Crippen molar-refractivity contribution in [3.63, 3.8) is 0 Å². The first-order valence-electron chi connectivity index (χ1n) is 7.00. The summed E-state index contributed by atoms with van der Waals surface area (Å²) in [6, 6.07) is 3.48. The number of phenolic OH excluding ortho intramolecular Hbond substituents is 1. The Morgan fingerprint density at radius 2 is 2.27 bits per heavy atom. The van der Waals surface area contributed by atoms with Crippen molar-refractivity contribution in [3.8, 4) is 5.75 Å². The zero-order valence-corrected chi connectivity index (χ0v) is 11.9. The smallest absolute Gasteiger partial charge is 0.311 e. The van der Waals surface area contributed by atoms with Crippen LogP contribution in [0.25, 0.3) is 0 Å². The van der Waals surface area contributed by atoms with Crippen molar-refractivity contribution in [1.29, 1.82) is 0 Å². The summed E-state index contributed by atoms with van der Waals surface area (Å²) in [5.74, 6) is -0.422. The Morgan fingerprint density at radius 3 is 2.95 bits per heavy atom. The fourth-order valence-electron chi connectivity index (χ4n) is 2.51. The lowest BCUT2D eigenvalue weighted by Gasteiger charge is -2.35. The molecule has 1 saturated heterocycles. The van der Waals surface area contributed by atoms with E-state index in [0.29, 0.717) is 24.9 Å². The van der Waals surface area contributed by atoms with Gasteiger partial charge in [0.05, 0.1) is 17.6 Å². The molecular formula is C14H18N2O6. The van der Waals surface area contributed by atoms with Crippen LogP contribution in [0.1, 0.15) is 24.8 Å². The topological polar surface area (TPSA) is 113 Å². The first-order chi connectivity index (χ1) is 10.5. The highest BCUT2D eigenvalue weighted by Gasteiger charge is 2.28. The molecule has 1 amide bonds. The fourth-order valence-corrected chi connectivity index (χ4v) is 2.51. The van der Waals surface area contributed by atoms with Gasteiger partial charge >= 0.3 is 5.69 Å². The van der Waals surface area contributed by atoms with Crippen molar-refractivity contribution >= 4 is 12.1 Å². The maximum atomic E-state index is 11.0. The molecule has 1 aromatic rings. The molecule has 2 atom stereocenters. The number of carbonyl (C=O) groups excluding carboxylic acids is 1. The van der Waals surface area contributed by atoms with E-state index in [1.54, 1.807) is 0 Å². The van der Waals surface area contributed by atoms with Crippen molar-refractivity contribution < 1.29 is 24.7 Å². The fraction of sp³-hybridized carbons (Fsp3) is 0.500. The van der Waals surface area contributed by atoms with Gasteiger partial charge in [0, 0.05) is 12.6 Å². The second-order valence-corrected chi connectivity index (χ2v) is 5.19. The van der Waals surface area contributed by atoms with Gasteiger partial charge in [0.1, 0.15) is 0 Å². The number of piperidine rings is 1. The number of nitrogens with zero attached hydrogens (tertiary/aromatic N) is 2. The molecule has 8 heteroatoms. The molecule has 0 aromatic heterocycles. The van der Waals surface area contributed by atoms with Gasteiger partial charge in [-0.3, -0.25) is 14.9 Å². The molecule has 2 N–H and O–H groups in total. The van der Waals surface area contributed by atoms with Crippen molar-refractivity contribution in [2.75, 3.05) is 6.54 Å². The van der Waals surface area contributed by atoms with Crippen molar-refractivity contribution in [2.24, 2.45) is 0 Å². The predicted octanol–water partition coefficient (Wildman–Crippen LogP) is 1.15. The largest absolute Gasteiger partial charge is 0.502 e. The summed E-state index contributed by atoms with van der Waals surface area (Å²) < 4.78 is 5.32. The number of amides is 1. The molecule has 8 nitrogen and oxygen atoms in total. The molecule has 1 aliphatic rings. The Labute approximate surface area is 127 Å². The molecule has 1 fully saturated rings. The molecule has 0 bridgehead atoms. The number of hydrogen-bond donors (Lipinski definition) is 2. The van der Waals surface area contributed by atoms with E-state index >= 15 is 0 Å². The lowest BCUT2D eigenvalue weighted by Crippen LogP contribution is -2.46. The van der Waals surface area contributed by atoms with E-state index in [0.717, 1.165) is 12.8 Å². The Kier molecular flexibility index (Phi) is 5.29. The summed E-state index contributed by atoms with van der Waals surface area (Å²) in [6.07, 6.45) is 1.99. The van der Waals surface area contributed by atoms with Crippen LogP contribution in [0.3, 0.4) is 0 Å². The van der Waals surface area contributed by atoms with Crippen LogP contribution in [-0.2, 0) is 16.1 Å². The highest BCUT2D eigenvalue weighted by atomic mass is 16.6. The number of rotatable bonds is 6. The maximum absolute atomic E-state index is 11.0. The molecule has 0 saturated carbocycles. The summed E-state index contributed by atoms with van der Waals surface area (Å²) in [5.41, 5.74) is 0.0415. The van der Waals surface area contributed by atoms with E-state index in [2.05, 4.69) is 0 Å². The minimum Gasteiger partial charge on any atom is -0.502 e. The lowest BCUT2D eigenvalue weighted by atomic mass is 10.0. The van der Waals surface area contributed by atoms with Gasteiger partial charge in [-0.2, -0.15) is 0 Å². The number of likely N-dealkylation sites (tertiary alicyclic amines) is 1. The van der Waals surface area contributed by atoms with Crippen LogP contribution >= 0.6 is 0 Å². The number of carbonyl (C=O) groups is 1. The normalized spacial score (nSPS) is 19.7. The van der Waals surface area contributed by atoms with Crippen LogP contribution in [0.4, 0.5) is 5.69 Å². The third-order valence-corrected chi connectivity index (χ3v) is 3.71. The second-order valence-electron chi connectivity index (χ2n) is 5.19. The van der Waals surface area contributed by atoms with Gasteiger partial charge < -0.3 is 19.8 Å². The number of aromatic hydroxyl groups is 1. The Balaban J connectivity index is 1.98. The molecule has 1 aromatic carbocycles. The molecule has 0 radical (unpaired) electrons. The maximum Gasteiger partial charge on any atom is 0.311 e. The molecule has 0 spiro atoms. The standard InChI is InChI=1S/C14H18N2O6/c17-9-15-6-2-1-3-11(15)14(19)22-8-10-4-5-13(18)12(7-10)16(20)21/h4-5,7,9,11,14,18-19H,1-3,6,8H2. The van der Waals surface area contributed by atoms with E-state index in [1.807, 2.05) is 0 Å². The predicted molar refractivity (Wildman–Crippen MR) is 76.0 cm³/mol. The van der Waals surface area contributed by atoms with Gasteiger partial charge in [-0.25, -0.2) is 0 Å². The first-order valence-corrected chi connectivity index (χ1v) is 7.00. The van der Waals surface area contributed by atoms with E-state index in [4.69, 9.17) is 4.74 Å². The average molecular weight is 310 g/mol. The van der Waals surface area contributed by atoms with Crippen LogP contribution in [0.5, 0.6) is 5.75 Å². The highest BCUT2D eigenvalue weighted by Crippen LogP contribution is 2.27. The monoisotopic (exact) mass is 310 g/mol. The molecule has 22 heavy (non-hydrogen) atoms.